The van der Waals surface area contributed by atoms with Crippen molar-refractivity contribution in [3.8, 4) is 22.3 Å². The maximum atomic E-state index is 2.68. The van der Waals surface area contributed by atoms with Gasteiger partial charge in [0.2, 0.25) is 0 Å². The van der Waals surface area contributed by atoms with Crippen molar-refractivity contribution in [2.45, 2.75) is 10.8 Å². The third-order valence-electron chi connectivity index (χ3n) is 16.2. The molecule has 0 aromatic heterocycles. The highest BCUT2D eigenvalue weighted by atomic mass is 31.1. The highest BCUT2D eigenvalue weighted by molar-refractivity contribution is 7.82. The molecule has 10 aromatic carbocycles. The fourth-order valence-electron chi connectivity index (χ4n) is 14.1. The molecular formula is C62H36N3P. The van der Waals surface area contributed by atoms with E-state index in [0.717, 1.165) is 0 Å². The Hall–Kier alpha value is -7.97. The van der Waals surface area contributed by atoms with Gasteiger partial charge in [-0.05, 0) is 115 Å². The molecule has 0 unspecified atom stereocenters. The lowest BCUT2D eigenvalue weighted by atomic mass is 9.64. The standard InChI is InChI=1S/C62H36N3P/c1-2-17-37(18-3-1)63-54-35-33-48-56-59(54)66-58-52(64(56)50-29-14-12-27-46(50)61(48)42-23-8-4-19-38(42)39-20-5-9-24-43(39)61)31-16-32-53(58)65-51-30-15-13-28-47(51)62(49-34-36-55(63)60(66)57(49)65)44-25-10-6-21-40(44)41-22-7-11-26-45(41)62/h1-36H. The predicted octanol–water partition coefficient (Wildman–Crippen LogP) is 14.1. The van der Waals surface area contributed by atoms with Crippen molar-refractivity contribution in [3.63, 3.8) is 0 Å². The highest BCUT2D eigenvalue weighted by Gasteiger charge is 2.59. The lowest BCUT2D eigenvalue weighted by Crippen LogP contribution is -2.50. The zero-order valence-electron chi connectivity index (χ0n) is 35.6. The molecule has 10 aromatic rings. The summed E-state index contributed by atoms with van der Waals surface area (Å²) >= 11 is 0. The van der Waals surface area contributed by atoms with E-state index in [1.807, 2.05) is 0 Å². The first-order chi connectivity index (χ1) is 32.8. The first-order valence-corrected chi connectivity index (χ1v) is 24.5. The van der Waals surface area contributed by atoms with Crippen molar-refractivity contribution in [1.29, 1.82) is 0 Å². The molecule has 0 bridgehead atoms. The molecule has 0 fully saturated rings. The van der Waals surface area contributed by atoms with Gasteiger partial charge in [0.25, 0.3) is 0 Å². The molecule has 4 heteroatoms. The van der Waals surface area contributed by atoms with Gasteiger partial charge >= 0.3 is 0 Å². The fraction of sp³-hybridized carbons (Fsp3) is 0.0323. The first-order valence-electron chi connectivity index (χ1n) is 23.1. The van der Waals surface area contributed by atoms with Crippen LogP contribution in [0.15, 0.2) is 218 Å². The van der Waals surface area contributed by atoms with Gasteiger partial charge in [-0.2, -0.15) is 0 Å². The molecule has 66 heavy (non-hydrogen) atoms. The van der Waals surface area contributed by atoms with Gasteiger partial charge in [0, 0.05) is 29.5 Å². The van der Waals surface area contributed by atoms with Gasteiger partial charge in [-0.3, -0.25) is 0 Å². The summed E-state index contributed by atoms with van der Waals surface area (Å²) in [6, 6.07) is 83.8. The van der Waals surface area contributed by atoms with Crippen LogP contribution in [0.5, 0.6) is 0 Å². The van der Waals surface area contributed by atoms with Gasteiger partial charge < -0.3 is 14.7 Å². The maximum Gasteiger partial charge on any atom is 0.0754 e. The van der Waals surface area contributed by atoms with Crippen LogP contribution in [0.1, 0.15) is 44.5 Å². The van der Waals surface area contributed by atoms with Gasteiger partial charge in [-0.15, -0.1) is 0 Å². The minimum Gasteiger partial charge on any atom is -0.309 e. The molecule has 0 atom stereocenters. The lowest BCUT2D eigenvalue weighted by molar-refractivity contribution is 0.752. The predicted molar refractivity (Wildman–Crippen MR) is 272 cm³/mol. The molecule has 2 spiro atoms. The van der Waals surface area contributed by atoms with Crippen LogP contribution >= 0.6 is 7.92 Å². The quantitative estimate of drug-likeness (QED) is 0.152. The Morgan fingerprint density at radius 2 is 0.591 bits per heavy atom. The normalized spacial score (nSPS) is 16.3. The van der Waals surface area contributed by atoms with Crippen LogP contribution in [-0.4, -0.2) is 0 Å². The third kappa shape index (κ3) is 3.57. The van der Waals surface area contributed by atoms with E-state index in [-0.39, 0.29) is 0 Å². The summed E-state index contributed by atoms with van der Waals surface area (Å²) < 4.78 is 0. The Morgan fingerprint density at radius 3 is 1.03 bits per heavy atom. The molecule has 304 valence electrons. The smallest absolute Gasteiger partial charge is 0.0754 e. The van der Waals surface area contributed by atoms with Crippen LogP contribution in [0.3, 0.4) is 0 Å². The van der Waals surface area contributed by atoms with Crippen molar-refractivity contribution in [1.82, 2.24) is 0 Å². The monoisotopic (exact) mass is 853 g/mol. The van der Waals surface area contributed by atoms with Crippen molar-refractivity contribution in [2.24, 2.45) is 0 Å². The second kappa shape index (κ2) is 11.6. The number of anilines is 9. The molecule has 0 radical (unpaired) electrons. The van der Waals surface area contributed by atoms with Crippen LogP contribution in [0.4, 0.5) is 51.2 Å². The molecule has 0 saturated carbocycles. The van der Waals surface area contributed by atoms with E-state index < -0.39 is 18.8 Å². The number of hydrogen-bond acceptors (Lipinski definition) is 3. The Labute approximate surface area is 383 Å². The molecular weight excluding hydrogens is 818 g/mol. The van der Waals surface area contributed by atoms with Gasteiger partial charge in [0.05, 0.1) is 56.3 Å². The summed E-state index contributed by atoms with van der Waals surface area (Å²) in [5.74, 6) is 0. The molecule has 0 N–H and O–H groups in total. The highest BCUT2D eigenvalue weighted by Crippen LogP contribution is 2.72. The molecule has 5 heterocycles. The molecule has 3 nitrogen and oxygen atoms in total. The largest absolute Gasteiger partial charge is 0.309 e. The van der Waals surface area contributed by atoms with Crippen LogP contribution in [0.2, 0.25) is 0 Å². The fourth-order valence-corrected chi connectivity index (χ4v) is 17.2. The van der Waals surface area contributed by atoms with Crippen molar-refractivity contribution >= 4 is 75.0 Å². The minimum absolute atomic E-state index is 0.509. The third-order valence-corrected chi connectivity index (χ3v) is 18.8. The van der Waals surface area contributed by atoms with E-state index in [1.165, 1.54) is 134 Å². The zero-order valence-corrected chi connectivity index (χ0v) is 36.5. The molecule has 0 amide bonds. The summed E-state index contributed by atoms with van der Waals surface area (Å²) in [6.45, 7) is 0. The average molecular weight is 854 g/mol. The zero-order chi connectivity index (χ0) is 42.6. The van der Waals surface area contributed by atoms with Crippen LogP contribution < -0.4 is 30.6 Å². The van der Waals surface area contributed by atoms with E-state index >= 15 is 0 Å². The summed E-state index contributed by atoms with van der Waals surface area (Å²) in [7, 11) is -1.08. The number of benzene rings is 10. The Balaban J connectivity index is 1.07. The Morgan fingerprint density at radius 1 is 0.242 bits per heavy atom. The summed E-state index contributed by atoms with van der Waals surface area (Å²) in [5, 5.41) is 4.33. The van der Waals surface area contributed by atoms with Crippen LogP contribution in [0.25, 0.3) is 22.3 Å². The minimum atomic E-state index is -1.08. The Kier molecular flexibility index (Phi) is 6.07. The average Bonchev–Trinajstić information content (AvgIpc) is 3.85. The van der Waals surface area contributed by atoms with Gasteiger partial charge in [0.1, 0.15) is 0 Å². The topological polar surface area (TPSA) is 9.72 Å². The maximum absolute atomic E-state index is 2.68. The Bertz CT molecular complexity index is 3570. The summed E-state index contributed by atoms with van der Waals surface area (Å²) in [5.41, 5.74) is 26.6. The molecule has 2 aliphatic carbocycles. The molecule has 5 aliphatic heterocycles. The SMILES string of the molecule is c1ccc(N2c3ccc4c5c3P3c6c(cccc6N6c7ccccc7C7(c8ccccc8-c8ccccc87)c7ccc2c3c76)N5c2ccccc2C42c3ccccc3-c3ccccc32)cc1. The second-order valence-corrected chi connectivity index (χ2v) is 20.7. The lowest BCUT2D eigenvalue weighted by Gasteiger charge is -2.56. The summed E-state index contributed by atoms with van der Waals surface area (Å²) in [4.78, 5) is 7.96. The van der Waals surface area contributed by atoms with Gasteiger partial charge in [-0.1, -0.05) is 170 Å². The van der Waals surface area contributed by atoms with Gasteiger partial charge in [-0.25, -0.2) is 0 Å². The number of hydrogen-bond donors (Lipinski definition) is 0. The van der Waals surface area contributed by atoms with Crippen LogP contribution in [-0.2, 0) is 10.8 Å². The van der Waals surface area contributed by atoms with Crippen molar-refractivity contribution in [3.05, 3.63) is 263 Å². The second-order valence-electron chi connectivity index (χ2n) is 18.7. The van der Waals surface area contributed by atoms with E-state index in [2.05, 4.69) is 233 Å². The van der Waals surface area contributed by atoms with E-state index in [4.69, 9.17) is 0 Å². The number of nitrogens with zero attached hydrogens (tertiary/aromatic N) is 3. The molecule has 7 aliphatic rings. The van der Waals surface area contributed by atoms with Gasteiger partial charge in [0.15, 0.2) is 0 Å². The number of para-hydroxylation sites is 3. The van der Waals surface area contributed by atoms with E-state index in [1.54, 1.807) is 0 Å². The van der Waals surface area contributed by atoms with Crippen molar-refractivity contribution < 1.29 is 0 Å². The molecule has 17 rings (SSSR count). The number of fused-ring (bicyclic) bond motifs is 20. The summed E-state index contributed by atoms with van der Waals surface area (Å²) in [6.07, 6.45) is 0. The van der Waals surface area contributed by atoms with Crippen molar-refractivity contribution in [2.75, 3.05) is 14.7 Å². The van der Waals surface area contributed by atoms with Crippen LogP contribution in [0, 0.1) is 0 Å². The number of rotatable bonds is 1. The van der Waals surface area contributed by atoms with E-state index in [9.17, 15) is 0 Å². The van der Waals surface area contributed by atoms with E-state index in [0.29, 0.717) is 0 Å². The molecule has 0 saturated heterocycles. The first kappa shape index (κ1) is 34.4.